The highest BCUT2D eigenvalue weighted by Gasteiger charge is 2.19. The highest BCUT2D eigenvalue weighted by Crippen LogP contribution is 2.16. The van der Waals surface area contributed by atoms with Crippen LogP contribution in [0.15, 0.2) is 48.6 Å². The van der Waals surface area contributed by atoms with Gasteiger partial charge >= 0.3 is 17.9 Å². The van der Waals surface area contributed by atoms with Gasteiger partial charge in [-0.15, -0.1) is 0 Å². The zero-order chi connectivity index (χ0) is 45.8. The number of unbranched alkanes of at least 4 members (excludes halogenated alkanes) is 30. The summed E-state index contributed by atoms with van der Waals surface area (Å²) in [5, 5.41) is 0. The molecule has 0 saturated heterocycles. The van der Waals surface area contributed by atoms with Crippen molar-refractivity contribution in [3.63, 3.8) is 0 Å². The minimum absolute atomic E-state index is 0.0911. The van der Waals surface area contributed by atoms with Crippen molar-refractivity contribution in [1.29, 1.82) is 0 Å². The molecule has 0 aliphatic rings. The number of hydrogen-bond acceptors (Lipinski definition) is 6. The molecule has 0 aromatic heterocycles. The molecule has 0 N–H and O–H groups in total. The van der Waals surface area contributed by atoms with Crippen molar-refractivity contribution >= 4 is 17.9 Å². The molecule has 0 unspecified atom stereocenters. The molecule has 0 spiro atoms. The minimum Gasteiger partial charge on any atom is -0.462 e. The van der Waals surface area contributed by atoms with Gasteiger partial charge < -0.3 is 14.2 Å². The number of esters is 3. The molecule has 0 radical (unpaired) electrons. The first kappa shape index (κ1) is 60.4. The Kier molecular flexibility index (Phi) is 49.8. The van der Waals surface area contributed by atoms with Crippen LogP contribution in [0, 0.1) is 0 Å². The maximum Gasteiger partial charge on any atom is 0.306 e. The van der Waals surface area contributed by atoms with Crippen LogP contribution in [0.3, 0.4) is 0 Å². The fourth-order valence-corrected chi connectivity index (χ4v) is 7.73. The molecule has 0 aromatic rings. The van der Waals surface area contributed by atoms with Crippen molar-refractivity contribution in [2.75, 3.05) is 13.2 Å². The van der Waals surface area contributed by atoms with Crippen molar-refractivity contribution in [3.05, 3.63) is 48.6 Å². The first-order valence-corrected chi connectivity index (χ1v) is 27.1. The summed E-state index contributed by atoms with van der Waals surface area (Å²) >= 11 is 0. The van der Waals surface area contributed by atoms with Crippen molar-refractivity contribution in [2.45, 2.75) is 284 Å². The Morgan fingerprint density at radius 2 is 0.587 bits per heavy atom. The summed E-state index contributed by atoms with van der Waals surface area (Å²) in [6.07, 6.45) is 62.5. The van der Waals surface area contributed by atoms with Gasteiger partial charge in [0.1, 0.15) is 13.2 Å². The number of rotatable bonds is 49. The molecule has 366 valence electrons. The number of carbonyl (C=O) groups is 3. The number of hydrogen-bond donors (Lipinski definition) is 0. The number of ether oxygens (including phenoxy) is 3. The van der Waals surface area contributed by atoms with Crippen molar-refractivity contribution in [3.8, 4) is 0 Å². The second kappa shape index (κ2) is 52.0. The van der Waals surface area contributed by atoms with Gasteiger partial charge in [0.05, 0.1) is 0 Å². The molecule has 6 heteroatoms. The summed E-state index contributed by atoms with van der Waals surface area (Å²) in [7, 11) is 0. The van der Waals surface area contributed by atoms with Crippen LogP contribution < -0.4 is 0 Å². The van der Waals surface area contributed by atoms with Crippen LogP contribution in [0.2, 0.25) is 0 Å². The van der Waals surface area contributed by atoms with Crippen molar-refractivity contribution in [2.24, 2.45) is 0 Å². The first-order valence-electron chi connectivity index (χ1n) is 27.1. The SMILES string of the molecule is CCCCC/C=C\C/C=C\C/C=C\C/C=C\CCCC(=O)O[C@H](COC(=O)CCCCCCCCCCC)COC(=O)CCCCCCCCCCCCCCCCCCCCC. The molecule has 1 atom stereocenters. The van der Waals surface area contributed by atoms with Crippen LogP contribution in [-0.4, -0.2) is 37.2 Å². The third kappa shape index (κ3) is 50.2. The van der Waals surface area contributed by atoms with Crippen LogP contribution in [0.5, 0.6) is 0 Å². The molecule has 0 aliphatic heterocycles. The predicted molar refractivity (Wildman–Crippen MR) is 270 cm³/mol. The number of allylic oxidation sites excluding steroid dienone is 8. The molecule has 0 saturated carbocycles. The summed E-state index contributed by atoms with van der Waals surface area (Å²) in [5.41, 5.74) is 0. The van der Waals surface area contributed by atoms with Crippen molar-refractivity contribution < 1.29 is 28.6 Å². The highest BCUT2D eigenvalue weighted by molar-refractivity contribution is 5.71. The normalized spacial score (nSPS) is 12.4. The van der Waals surface area contributed by atoms with E-state index >= 15 is 0 Å². The van der Waals surface area contributed by atoms with Gasteiger partial charge in [-0.2, -0.15) is 0 Å². The van der Waals surface area contributed by atoms with E-state index in [0.717, 1.165) is 64.2 Å². The predicted octanol–water partition coefficient (Wildman–Crippen LogP) is 17.9. The van der Waals surface area contributed by atoms with Gasteiger partial charge in [0.15, 0.2) is 6.10 Å². The van der Waals surface area contributed by atoms with E-state index in [0.29, 0.717) is 19.3 Å². The molecule has 0 heterocycles. The van der Waals surface area contributed by atoms with Gasteiger partial charge in [0, 0.05) is 19.3 Å². The molecule has 6 nitrogen and oxygen atoms in total. The zero-order valence-electron chi connectivity index (χ0n) is 41.8. The topological polar surface area (TPSA) is 78.9 Å². The average Bonchev–Trinajstić information content (AvgIpc) is 3.28. The smallest absolute Gasteiger partial charge is 0.306 e. The van der Waals surface area contributed by atoms with Gasteiger partial charge in [0.25, 0.3) is 0 Å². The van der Waals surface area contributed by atoms with E-state index in [2.05, 4.69) is 69.4 Å². The van der Waals surface area contributed by atoms with Crippen LogP contribution in [0.25, 0.3) is 0 Å². The molecule has 0 amide bonds. The Labute approximate surface area is 390 Å². The quantitative estimate of drug-likeness (QED) is 0.0262. The fraction of sp³-hybridized carbons (Fsp3) is 0.807. The molecular formula is C57H102O6. The molecule has 0 fully saturated rings. The van der Waals surface area contributed by atoms with Crippen LogP contribution in [0.1, 0.15) is 278 Å². The van der Waals surface area contributed by atoms with Gasteiger partial charge in [-0.1, -0.05) is 249 Å². The van der Waals surface area contributed by atoms with E-state index in [9.17, 15) is 14.4 Å². The third-order valence-electron chi connectivity index (χ3n) is 11.8. The summed E-state index contributed by atoms with van der Waals surface area (Å²) in [5.74, 6) is -0.940. The summed E-state index contributed by atoms with van der Waals surface area (Å²) in [4.78, 5) is 37.9. The minimum atomic E-state index is -0.796. The largest absolute Gasteiger partial charge is 0.462 e. The van der Waals surface area contributed by atoms with Gasteiger partial charge in [-0.05, 0) is 57.8 Å². The average molecular weight is 883 g/mol. The van der Waals surface area contributed by atoms with E-state index in [1.165, 1.54) is 167 Å². The lowest BCUT2D eigenvalue weighted by Gasteiger charge is -2.18. The fourth-order valence-electron chi connectivity index (χ4n) is 7.73. The molecule has 63 heavy (non-hydrogen) atoms. The second-order valence-electron chi connectivity index (χ2n) is 18.2. The Balaban J connectivity index is 4.34. The monoisotopic (exact) mass is 883 g/mol. The molecule has 0 aliphatic carbocycles. The molecule has 0 bridgehead atoms. The maximum atomic E-state index is 12.8. The van der Waals surface area contributed by atoms with Gasteiger partial charge in [-0.3, -0.25) is 14.4 Å². The van der Waals surface area contributed by atoms with Crippen LogP contribution >= 0.6 is 0 Å². The van der Waals surface area contributed by atoms with E-state index in [1.54, 1.807) is 0 Å². The Hall–Kier alpha value is -2.63. The summed E-state index contributed by atoms with van der Waals surface area (Å²) in [6.45, 7) is 6.57. The zero-order valence-corrected chi connectivity index (χ0v) is 41.8. The molecular weight excluding hydrogens is 781 g/mol. The molecule has 0 rings (SSSR count). The Bertz CT molecular complexity index is 1110. The van der Waals surface area contributed by atoms with Gasteiger partial charge in [-0.25, -0.2) is 0 Å². The summed E-state index contributed by atoms with van der Waals surface area (Å²) < 4.78 is 16.7. The molecule has 0 aromatic carbocycles. The highest BCUT2D eigenvalue weighted by atomic mass is 16.6. The van der Waals surface area contributed by atoms with E-state index in [4.69, 9.17) is 14.2 Å². The third-order valence-corrected chi connectivity index (χ3v) is 11.8. The lowest BCUT2D eigenvalue weighted by atomic mass is 10.0. The lowest BCUT2D eigenvalue weighted by molar-refractivity contribution is -0.167. The van der Waals surface area contributed by atoms with Crippen LogP contribution in [0.4, 0.5) is 0 Å². The Morgan fingerprint density at radius 3 is 0.937 bits per heavy atom. The standard InChI is InChI=1S/C57H102O6/c1-4-7-10-13-16-19-21-23-25-27-28-30-31-33-35-38-41-44-47-50-56(59)62-53-54(52-61-55(58)49-46-43-40-37-18-15-12-9-6-3)63-57(60)51-48-45-42-39-36-34-32-29-26-24-22-20-17-14-11-8-5-2/h17,20,24,26,32,34,39,42,54H,4-16,18-19,21-23,25,27-31,33,35-38,40-41,43-53H2,1-3H3/b20-17-,26-24-,34-32-,42-39-/t54-/m1/s1. The maximum absolute atomic E-state index is 12.8. The Morgan fingerprint density at radius 1 is 0.317 bits per heavy atom. The second-order valence-corrected chi connectivity index (χ2v) is 18.2. The van der Waals surface area contributed by atoms with Gasteiger partial charge in [0.2, 0.25) is 0 Å². The van der Waals surface area contributed by atoms with Crippen molar-refractivity contribution in [1.82, 2.24) is 0 Å². The first-order chi connectivity index (χ1) is 31.0. The van der Waals surface area contributed by atoms with Crippen LogP contribution in [-0.2, 0) is 28.6 Å². The summed E-state index contributed by atoms with van der Waals surface area (Å²) in [6, 6.07) is 0. The van der Waals surface area contributed by atoms with E-state index < -0.39 is 6.10 Å². The lowest BCUT2D eigenvalue weighted by Crippen LogP contribution is -2.30. The van der Waals surface area contributed by atoms with E-state index in [-0.39, 0.29) is 37.5 Å². The number of carbonyl (C=O) groups excluding carboxylic acids is 3. The van der Waals surface area contributed by atoms with E-state index in [1.807, 2.05) is 0 Å².